The summed E-state index contributed by atoms with van der Waals surface area (Å²) in [6.07, 6.45) is 5.60. The number of nitrogens with zero attached hydrogens (tertiary/aromatic N) is 1. The van der Waals surface area contributed by atoms with Crippen LogP contribution in [0.2, 0.25) is 0 Å². The van der Waals surface area contributed by atoms with Crippen LogP contribution in [0.15, 0.2) is 41.5 Å². The van der Waals surface area contributed by atoms with Crippen molar-refractivity contribution < 1.29 is 0 Å². The normalized spacial score (nSPS) is 19.6. The molecular weight excluding hydrogens is 222 g/mol. The first-order chi connectivity index (χ1) is 7.84. The van der Waals surface area contributed by atoms with E-state index in [1.54, 1.807) is 6.21 Å². The van der Waals surface area contributed by atoms with Crippen molar-refractivity contribution in [3.63, 3.8) is 0 Å². The highest BCUT2D eigenvalue weighted by atomic mass is 35.5. The first-order valence-corrected chi connectivity index (χ1v) is 5.49. The van der Waals surface area contributed by atoms with Gasteiger partial charge in [-0.15, -0.1) is 0 Å². The Morgan fingerprint density at radius 3 is 3.06 bits per heavy atom. The number of halogens is 1. The molecule has 0 spiro atoms. The van der Waals surface area contributed by atoms with Gasteiger partial charge in [0.2, 0.25) is 0 Å². The Labute approximate surface area is 97.8 Å². The van der Waals surface area contributed by atoms with Gasteiger partial charge >= 0.3 is 0 Å². The van der Waals surface area contributed by atoms with Crippen LogP contribution in [-0.2, 0) is 0 Å². The molecule has 0 saturated heterocycles. The van der Waals surface area contributed by atoms with Crippen LogP contribution in [0, 0.1) is 0 Å². The number of H-pyrrole nitrogens is 1. The number of benzene rings is 1. The van der Waals surface area contributed by atoms with E-state index in [9.17, 15) is 0 Å². The summed E-state index contributed by atoms with van der Waals surface area (Å²) in [5.74, 6) is 0. The molecule has 0 amide bonds. The van der Waals surface area contributed by atoms with Crippen LogP contribution in [0.4, 0.5) is 0 Å². The molecule has 2 heterocycles. The third kappa shape index (κ3) is 1.49. The zero-order valence-corrected chi connectivity index (χ0v) is 9.20. The molecule has 1 aliphatic heterocycles. The molecule has 1 aliphatic rings. The van der Waals surface area contributed by atoms with Gasteiger partial charge in [0.15, 0.2) is 5.62 Å². The van der Waals surface area contributed by atoms with E-state index in [1.165, 1.54) is 5.39 Å². The summed E-state index contributed by atoms with van der Waals surface area (Å²) in [6, 6.07) is 8.19. The van der Waals surface area contributed by atoms with Crippen LogP contribution in [0.5, 0.6) is 0 Å². The van der Waals surface area contributed by atoms with E-state index in [0.717, 1.165) is 16.8 Å². The van der Waals surface area contributed by atoms with Crippen molar-refractivity contribution in [1.82, 2.24) is 10.3 Å². The van der Waals surface area contributed by atoms with E-state index in [2.05, 4.69) is 33.5 Å². The fourth-order valence-electron chi connectivity index (χ4n) is 1.89. The molecule has 1 aromatic carbocycles. The molecule has 1 unspecified atom stereocenters. The third-order valence-corrected chi connectivity index (χ3v) is 2.84. The molecule has 1 aromatic heterocycles. The first-order valence-electron chi connectivity index (χ1n) is 5.05. The maximum absolute atomic E-state index is 5.93. The van der Waals surface area contributed by atoms with E-state index < -0.39 is 0 Å². The monoisotopic (exact) mass is 231 g/mol. The Morgan fingerprint density at radius 1 is 1.25 bits per heavy atom. The van der Waals surface area contributed by atoms with Gasteiger partial charge in [0.1, 0.15) is 0 Å². The minimum atomic E-state index is -0.380. The van der Waals surface area contributed by atoms with Crippen LogP contribution in [0.25, 0.3) is 16.6 Å². The van der Waals surface area contributed by atoms with Gasteiger partial charge < -0.3 is 10.3 Å². The first kappa shape index (κ1) is 9.48. The zero-order valence-electron chi connectivity index (χ0n) is 8.44. The molecule has 4 heteroatoms. The summed E-state index contributed by atoms with van der Waals surface area (Å²) >= 11 is 5.93. The summed E-state index contributed by atoms with van der Waals surface area (Å²) in [7, 11) is 0. The highest BCUT2D eigenvalue weighted by molar-refractivity contribution is 6.21. The SMILES string of the molecule is ClC1N=CC=C(c2cccc3[nH]ccc23)N1. The zero-order chi connectivity index (χ0) is 11.0. The van der Waals surface area contributed by atoms with Gasteiger partial charge in [0.05, 0.1) is 0 Å². The maximum Gasteiger partial charge on any atom is 0.195 e. The molecule has 2 N–H and O–H groups in total. The molecule has 0 bridgehead atoms. The lowest BCUT2D eigenvalue weighted by Gasteiger charge is -2.16. The number of rotatable bonds is 1. The Kier molecular flexibility index (Phi) is 2.18. The summed E-state index contributed by atoms with van der Waals surface area (Å²) in [4.78, 5) is 7.21. The number of hydrogen-bond acceptors (Lipinski definition) is 2. The molecule has 0 radical (unpaired) electrons. The van der Waals surface area contributed by atoms with E-state index in [4.69, 9.17) is 11.6 Å². The van der Waals surface area contributed by atoms with Gasteiger partial charge in [-0.2, -0.15) is 0 Å². The second-order valence-electron chi connectivity index (χ2n) is 3.60. The second kappa shape index (κ2) is 3.68. The average Bonchev–Trinajstić information content (AvgIpc) is 2.76. The molecule has 0 fully saturated rings. The van der Waals surface area contributed by atoms with Gasteiger partial charge in [0.25, 0.3) is 0 Å². The van der Waals surface area contributed by atoms with Crippen molar-refractivity contribution in [3.8, 4) is 0 Å². The lowest BCUT2D eigenvalue weighted by Crippen LogP contribution is -2.23. The molecule has 3 rings (SSSR count). The largest absolute Gasteiger partial charge is 0.361 e. The van der Waals surface area contributed by atoms with Crippen LogP contribution in [0.3, 0.4) is 0 Å². The van der Waals surface area contributed by atoms with Crippen molar-refractivity contribution >= 4 is 34.4 Å². The fraction of sp³-hybridized carbons (Fsp3) is 0.0833. The van der Waals surface area contributed by atoms with Crippen molar-refractivity contribution in [1.29, 1.82) is 0 Å². The fourth-order valence-corrected chi connectivity index (χ4v) is 2.08. The number of nitrogens with one attached hydrogen (secondary N) is 2. The van der Waals surface area contributed by atoms with E-state index >= 15 is 0 Å². The minimum Gasteiger partial charge on any atom is -0.361 e. The second-order valence-corrected chi connectivity index (χ2v) is 4.02. The number of hydrogen-bond donors (Lipinski definition) is 2. The van der Waals surface area contributed by atoms with Gasteiger partial charge in [-0.05, 0) is 18.2 Å². The van der Waals surface area contributed by atoms with Crippen molar-refractivity contribution in [2.45, 2.75) is 5.62 Å². The quantitative estimate of drug-likeness (QED) is 0.575. The van der Waals surface area contributed by atoms with Gasteiger partial charge in [-0.25, -0.2) is 0 Å². The van der Waals surface area contributed by atoms with E-state index in [1.807, 2.05) is 18.3 Å². The van der Waals surface area contributed by atoms with Gasteiger partial charge in [-0.1, -0.05) is 23.7 Å². The molecule has 1 atom stereocenters. The summed E-state index contributed by atoms with van der Waals surface area (Å²) in [5.41, 5.74) is 2.87. The molecular formula is C12H10ClN3. The molecule has 16 heavy (non-hydrogen) atoms. The Morgan fingerprint density at radius 2 is 2.19 bits per heavy atom. The molecule has 0 saturated carbocycles. The predicted molar refractivity (Wildman–Crippen MR) is 67.5 cm³/mol. The lowest BCUT2D eigenvalue weighted by atomic mass is 10.1. The maximum atomic E-state index is 5.93. The highest BCUT2D eigenvalue weighted by Crippen LogP contribution is 2.24. The Balaban J connectivity index is 2.15. The highest BCUT2D eigenvalue weighted by Gasteiger charge is 2.11. The number of alkyl halides is 1. The van der Waals surface area contributed by atoms with Crippen molar-refractivity contribution in [2.75, 3.05) is 0 Å². The topological polar surface area (TPSA) is 40.2 Å². The summed E-state index contributed by atoms with van der Waals surface area (Å²) < 4.78 is 0. The van der Waals surface area contributed by atoms with Gasteiger partial charge in [0, 0.05) is 34.6 Å². The van der Waals surface area contributed by atoms with Crippen LogP contribution < -0.4 is 5.32 Å². The standard InChI is InChI=1S/C12H10ClN3/c13-12-15-7-5-11(16-12)8-2-1-3-10-9(8)4-6-14-10/h1-7,12,14,16H. The van der Waals surface area contributed by atoms with Crippen LogP contribution >= 0.6 is 11.6 Å². The Bertz CT molecular complexity index is 583. The summed E-state index contributed by atoms with van der Waals surface area (Å²) in [6.45, 7) is 0. The van der Waals surface area contributed by atoms with Crippen molar-refractivity contribution in [3.05, 3.63) is 42.1 Å². The number of allylic oxidation sites excluding steroid dienone is 1. The average molecular weight is 232 g/mol. The number of aromatic nitrogens is 1. The Hall–Kier alpha value is -1.74. The van der Waals surface area contributed by atoms with E-state index in [-0.39, 0.29) is 5.62 Å². The molecule has 2 aromatic rings. The van der Waals surface area contributed by atoms with E-state index in [0.29, 0.717) is 0 Å². The lowest BCUT2D eigenvalue weighted by molar-refractivity contribution is 0.824. The van der Waals surface area contributed by atoms with Crippen molar-refractivity contribution in [2.24, 2.45) is 4.99 Å². The van der Waals surface area contributed by atoms with Crippen LogP contribution in [0.1, 0.15) is 5.56 Å². The molecule has 3 nitrogen and oxygen atoms in total. The minimum absolute atomic E-state index is 0.380. The predicted octanol–water partition coefficient (Wildman–Crippen LogP) is 2.71. The van der Waals surface area contributed by atoms with Crippen LogP contribution in [-0.4, -0.2) is 16.8 Å². The smallest absolute Gasteiger partial charge is 0.195 e. The third-order valence-electron chi connectivity index (χ3n) is 2.62. The number of aromatic amines is 1. The number of aliphatic imine (C=N–C) groups is 1. The molecule has 0 aliphatic carbocycles. The molecule has 80 valence electrons. The summed E-state index contributed by atoms with van der Waals surface area (Å²) in [5, 5.41) is 4.31. The van der Waals surface area contributed by atoms with Gasteiger partial charge in [-0.3, -0.25) is 4.99 Å². The number of fused-ring (bicyclic) bond motifs is 1.